The Kier molecular flexibility index (Phi) is 9.09. The number of rotatable bonds is 10. The Morgan fingerprint density at radius 3 is 2.45 bits per heavy atom. The topological polar surface area (TPSA) is 30.5 Å². The van der Waals surface area contributed by atoms with Crippen LogP contribution >= 0.6 is 39.1 Å². The summed E-state index contributed by atoms with van der Waals surface area (Å²) in [7, 11) is 1.64. The first-order chi connectivity index (χ1) is 15.0. The van der Waals surface area contributed by atoms with Crippen LogP contribution in [0.3, 0.4) is 0 Å². The minimum Gasteiger partial charge on any atom is -0.493 e. The predicted octanol–water partition coefficient (Wildman–Crippen LogP) is 7.45. The van der Waals surface area contributed by atoms with Gasteiger partial charge in [0.2, 0.25) is 0 Å². The Hall–Kier alpha value is -1.72. The quantitative estimate of drug-likeness (QED) is 0.300. The van der Waals surface area contributed by atoms with Crippen molar-refractivity contribution in [2.24, 2.45) is 0 Å². The van der Waals surface area contributed by atoms with Crippen LogP contribution in [0.15, 0.2) is 65.1 Å². The van der Waals surface area contributed by atoms with Crippen molar-refractivity contribution in [1.29, 1.82) is 0 Å². The molecule has 164 valence electrons. The number of benzene rings is 3. The molecule has 1 unspecified atom stereocenters. The second-order valence-corrected chi connectivity index (χ2v) is 9.12. The predicted molar refractivity (Wildman–Crippen MR) is 133 cm³/mol. The molecule has 0 spiro atoms. The molecule has 0 aliphatic heterocycles. The molecular formula is C25H26BrCl2NO2. The molecule has 0 bridgehead atoms. The largest absolute Gasteiger partial charge is 0.493 e. The van der Waals surface area contributed by atoms with Crippen LogP contribution in [0.5, 0.6) is 11.5 Å². The smallest absolute Gasteiger partial charge is 0.162 e. The van der Waals surface area contributed by atoms with Crippen LogP contribution in [0, 0.1) is 0 Å². The lowest BCUT2D eigenvalue weighted by atomic mass is 10.1. The van der Waals surface area contributed by atoms with Gasteiger partial charge in [-0.3, -0.25) is 0 Å². The Balaban J connectivity index is 1.59. The van der Waals surface area contributed by atoms with Crippen molar-refractivity contribution in [3.63, 3.8) is 0 Å². The Morgan fingerprint density at radius 1 is 0.968 bits per heavy atom. The fourth-order valence-electron chi connectivity index (χ4n) is 3.19. The third-order valence-electron chi connectivity index (χ3n) is 5.08. The molecule has 6 heteroatoms. The number of aryl methyl sites for hydroxylation is 1. The molecule has 0 heterocycles. The third-order valence-corrected chi connectivity index (χ3v) is 6.41. The second kappa shape index (κ2) is 11.8. The summed E-state index contributed by atoms with van der Waals surface area (Å²) in [5, 5.41) is 4.78. The van der Waals surface area contributed by atoms with Gasteiger partial charge in [0, 0.05) is 32.7 Å². The maximum Gasteiger partial charge on any atom is 0.162 e. The average molecular weight is 523 g/mol. The van der Waals surface area contributed by atoms with Gasteiger partial charge in [0.25, 0.3) is 0 Å². The van der Waals surface area contributed by atoms with E-state index in [4.69, 9.17) is 32.7 Å². The van der Waals surface area contributed by atoms with E-state index in [-0.39, 0.29) is 0 Å². The van der Waals surface area contributed by atoms with Gasteiger partial charge in [-0.1, -0.05) is 75.5 Å². The van der Waals surface area contributed by atoms with Crippen molar-refractivity contribution in [1.82, 2.24) is 5.32 Å². The summed E-state index contributed by atoms with van der Waals surface area (Å²) in [4.78, 5) is 0. The van der Waals surface area contributed by atoms with E-state index in [1.165, 1.54) is 5.56 Å². The lowest BCUT2D eigenvalue weighted by molar-refractivity contribution is 0.284. The third kappa shape index (κ3) is 7.15. The summed E-state index contributed by atoms with van der Waals surface area (Å²) >= 11 is 15.9. The Bertz CT molecular complexity index is 998. The van der Waals surface area contributed by atoms with Gasteiger partial charge in [-0.2, -0.15) is 0 Å². The number of ether oxygens (including phenoxy) is 2. The molecule has 0 aromatic heterocycles. The molecule has 1 N–H and O–H groups in total. The molecule has 0 aliphatic rings. The molecule has 3 rings (SSSR count). The van der Waals surface area contributed by atoms with E-state index in [1.807, 2.05) is 24.3 Å². The molecule has 3 nitrogen and oxygen atoms in total. The first-order valence-corrected chi connectivity index (χ1v) is 11.7. The van der Waals surface area contributed by atoms with Crippen LogP contribution in [0.2, 0.25) is 10.0 Å². The molecule has 3 aromatic rings. The van der Waals surface area contributed by atoms with Crippen molar-refractivity contribution in [3.8, 4) is 11.5 Å². The van der Waals surface area contributed by atoms with Crippen LogP contribution in [0.4, 0.5) is 0 Å². The molecular weight excluding hydrogens is 497 g/mol. The Morgan fingerprint density at radius 2 is 1.74 bits per heavy atom. The molecule has 0 aliphatic carbocycles. The number of methoxy groups -OCH3 is 1. The molecule has 0 saturated carbocycles. The van der Waals surface area contributed by atoms with Gasteiger partial charge in [-0.25, -0.2) is 0 Å². The van der Waals surface area contributed by atoms with Gasteiger partial charge in [-0.05, 0) is 55.2 Å². The average Bonchev–Trinajstić information content (AvgIpc) is 2.77. The van der Waals surface area contributed by atoms with E-state index >= 15 is 0 Å². The maximum absolute atomic E-state index is 6.25. The van der Waals surface area contributed by atoms with Crippen molar-refractivity contribution < 1.29 is 9.47 Å². The fourth-order valence-corrected chi connectivity index (χ4v) is 4.12. The highest BCUT2D eigenvalue weighted by Crippen LogP contribution is 2.34. The normalized spacial score (nSPS) is 11.9. The summed E-state index contributed by atoms with van der Waals surface area (Å²) in [6.07, 6.45) is 2.13. The summed E-state index contributed by atoms with van der Waals surface area (Å²) in [5.74, 6) is 1.34. The van der Waals surface area contributed by atoms with Gasteiger partial charge in [-0.15, -0.1) is 0 Å². The van der Waals surface area contributed by atoms with Crippen LogP contribution in [-0.4, -0.2) is 13.2 Å². The van der Waals surface area contributed by atoms with Crippen molar-refractivity contribution in [3.05, 3.63) is 91.9 Å². The van der Waals surface area contributed by atoms with Crippen molar-refractivity contribution in [2.45, 2.75) is 39.0 Å². The first kappa shape index (κ1) is 23.9. The number of nitrogens with one attached hydrogen (secondary N) is 1. The molecule has 0 saturated heterocycles. The second-order valence-electron chi connectivity index (χ2n) is 7.43. The van der Waals surface area contributed by atoms with Crippen LogP contribution in [0.1, 0.15) is 30.0 Å². The van der Waals surface area contributed by atoms with E-state index in [0.29, 0.717) is 34.2 Å². The van der Waals surface area contributed by atoms with E-state index in [9.17, 15) is 0 Å². The van der Waals surface area contributed by atoms with Gasteiger partial charge in [0.05, 0.1) is 7.11 Å². The van der Waals surface area contributed by atoms with E-state index in [1.54, 1.807) is 19.2 Å². The number of hydrogen-bond acceptors (Lipinski definition) is 3. The minimum absolute atomic E-state index is 0.326. The highest BCUT2D eigenvalue weighted by molar-refractivity contribution is 9.10. The first-order valence-electron chi connectivity index (χ1n) is 10.2. The molecule has 1 atom stereocenters. The van der Waals surface area contributed by atoms with Gasteiger partial charge < -0.3 is 14.8 Å². The monoisotopic (exact) mass is 521 g/mol. The van der Waals surface area contributed by atoms with Crippen LogP contribution in [-0.2, 0) is 19.6 Å². The van der Waals surface area contributed by atoms with E-state index in [2.05, 4.69) is 52.4 Å². The lowest BCUT2D eigenvalue weighted by Gasteiger charge is -2.17. The van der Waals surface area contributed by atoms with Gasteiger partial charge >= 0.3 is 0 Å². The van der Waals surface area contributed by atoms with Gasteiger partial charge in [0.15, 0.2) is 11.5 Å². The fraction of sp³-hybridized carbons (Fsp3) is 0.280. The molecule has 3 aromatic carbocycles. The zero-order chi connectivity index (χ0) is 22.2. The summed E-state index contributed by atoms with van der Waals surface area (Å²) < 4.78 is 12.5. The Labute approximate surface area is 202 Å². The zero-order valence-electron chi connectivity index (χ0n) is 17.6. The SMILES string of the molecule is COc1cc(CNC(C)CCc2ccccc2)c(Br)cc1OCc1ccc(Cl)cc1Cl. The maximum atomic E-state index is 6.25. The molecule has 31 heavy (non-hydrogen) atoms. The number of halogens is 3. The highest BCUT2D eigenvalue weighted by atomic mass is 79.9. The summed E-state index contributed by atoms with van der Waals surface area (Å²) in [6.45, 7) is 3.27. The number of hydrogen-bond donors (Lipinski definition) is 1. The molecule has 0 radical (unpaired) electrons. The molecule has 0 fully saturated rings. The lowest BCUT2D eigenvalue weighted by Crippen LogP contribution is -2.26. The van der Waals surface area contributed by atoms with E-state index in [0.717, 1.165) is 35.0 Å². The summed E-state index contributed by atoms with van der Waals surface area (Å²) in [5.41, 5.74) is 3.34. The van der Waals surface area contributed by atoms with Crippen molar-refractivity contribution in [2.75, 3.05) is 7.11 Å². The van der Waals surface area contributed by atoms with E-state index < -0.39 is 0 Å². The minimum atomic E-state index is 0.326. The van der Waals surface area contributed by atoms with Crippen molar-refractivity contribution >= 4 is 39.1 Å². The highest BCUT2D eigenvalue weighted by Gasteiger charge is 2.13. The standard InChI is InChI=1S/C25H26BrCl2NO2/c1-17(8-9-18-6-4-3-5-7-18)29-15-20-12-24(30-2)25(14-22(20)26)31-16-19-10-11-21(27)13-23(19)28/h3-7,10-14,17,29H,8-9,15-16H2,1-2H3. The van der Waals surface area contributed by atoms with Crippen LogP contribution in [0.25, 0.3) is 0 Å². The van der Waals surface area contributed by atoms with Gasteiger partial charge in [0.1, 0.15) is 6.61 Å². The van der Waals surface area contributed by atoms with Crippen LogP contribution < -0.4 is 14.8 Å². The summed E-state index contributed by atoms with van der Waals surface area (Å²) in [6, 6.07) is 20.3. The molecule has 0 amide bonds. The zero-order valence-corrected chi connectivity index (χ0v) is 20.7.